The van der Waals surface area contributed by atoms with E-state index in [-0.39, 0.29) is 17.2 Å². The topological polar surface area (TPSA) is 131 Å². The van der Waals surface area contributed by atoms with Gasteiger partial charge in [-0.05, 0) is 30.9 Å². The van der Waals surface area contributed by atoms with Gasteiger partial charge in [0.25, 0.3) is 11.8 Å². The summed E-state index contributed by atoms with van der Waals surface area (Å²) in [6.07, 6.45) is 3.16. The quantitative estimate of drug-likeness (QED) is 0.515. The molecule has 10 nitrogen and oxygen atoms in total. The Labute approximate surface area is 179 Å². The third-order valence-corrected chi connectivity index (χ3v) is 5.76. The number of nitrogens with one attached hydrogen (secondary N) is 2. The SMILES string of the molecule is COC(=O)c1ccccc1NC(=O)COC(=O)CN1C(=O)NC2(CCCCC2C)C1=O. The van der Waals surface area contributed by atoms with Gasteiger partial charge in [-0.1, -0.05) is 31.9 Å². The van der Waals surface area contributed by atoms with Crippen LogP contribution in [0.15, 0.2) is 24.3 Å². The van der Waals surface area contributed by atoms with E-state index in [0.29, 0.717) is 6.42 Å². The van der Waals surface area contributed by atoms with Crippen LogP contribution in [0.2, 0.25) is 0 Å². The smallest absolute Gasteiger partial charge is 0.339 e. The zero-order valence-corrected chi connectivity index (χ0v) is 17.4. The van der Waals surface area contributed by atoms with E-state index in [2.05, 4.69) is 15.4 Å². The maximum Gasteiger partial charge on any atom is 0.339 e. The number of amides is 4. The molecule has 1 aliphatic carbocycles. The molecule has 4 amide bonds. The van der Waals surface area contributed by atoms with Crippen LogP contribution in [0.4, 0.5) is 10.5 Å². The molecule has 2 aliphatic rings. The highest BCUT2D eigenvalue weighted by Crippen LogP contribution is 2.38. The molecule has 1 aromatic carbocycles. The number of para-hydroxylation sites is 1. The van der Waals surface area contributed by atoms with E-state index in [4.69, 9.17) is 4.74 Å². The number of methoxy groups -OCH3 is 1. The second-order valence-corrected chi connectivity index (χ2v) is 7.69. The van der Waals surface area contributed by atoms with Gasteiger partial charge in [0.05, 0.1) is 18.4 Å². The molecule has 0 radical (unpaired) electrons. The predicted molar refractivity (Wildman–Crippen MR) is 108 cm³/mol. The molecule has 0 bridgehead atoms. The van der Waals surface area contributed by atoms with Crippen molar-refractivity contribution in [1.29, 1.82) is 0 Å². The average Bonchev–Trinajstić information content (AvgIpc) is 2.99. The van der Waals surface area contributed by atoms with Gasteiger partial charge in [-0.25, -0.2) is 9.59 Å². The van der Waals surface area contributed by atoms with Crippen LogP contribution in [0.1, 0.15) is 43.0 Å². The van der Waals surface area contributed by atoms with Crippen molar-refractivity contribution >= 4 is 35.5 Å². The Balaban J connectivity index is 1.55. The minimum Gasteiger partial charge on any atom is -0.465 e. The van der Waals surface area contributed by atoms with Crippen LogP contribution in [0.25, 0.3) is 0 Å². The van der Waals surface area contributed by atoms with Crippen LogP contribution in [0, 0.1) is 5.92 Å². The summed E-state index contributed by atoms with van der Waals surface area (Å²) < 4.78 is 9.58. The summed E-state index contributed by atoms with van der Waals surface area (Å²) in [5.74, 6) is -2.66. The average molecular weight is 431 g/mol. The van der Waals surface area contributed by atoms with E-state index in [0.717, 1.165) is 24.2 Å². The van der Waals surface area contributed by atoms with Crippen molar-refractivity contribution in [2.75, 3.05) is 25.6 Å². The Kier molecular flexibility index (Phi) is 6.57. The standard InChI is InChI=1S/C21H25N3O7/c1-13-7-5-6-10-21(13)19(28)24(20(29)23-21)11-17(26)31-12-16(25)22-15-9-4-3-8-14(15)18(27)30-2/h3-4,8-9,13H,5-7,10-12H2,1-2H3,(H,22,25)(H,23,29). The first-order valence-electron chi connectivity index (χ1n) is 10.1. The minimum atomic E-state index is -0.968. The molecule has 3 rings (SSSR count). The number of carbonyl (C=O) groups is 5. The van der Waals surface area contributed by atoms with Gasteiger partial charge in [0.1, 0.15) is 12.1 Å². The fourth-order valence-corrected chi connectivity index (χ4v) is 4.03. The van der Waals surface area contributed by atoms with Crippen LogP contribution >= 0.6 is 0 Å². The number of carbonyl (C=O) groups excluding carboxylic acids is 5. The van der Waals surface area contributed by atoms with Crippen LogP contribution in [0.3, 0.4) is 0 Å². The molecule has 0 aromatic heterocycles. The van der Waals surface area contributed by atoms with Crippen molar-refractivity contribution in [3.63, 3.8) is 0 Å². The lowest BCUT2D eigenvalue weighted by molar-refractivity contribution is -0.150. The van der Waals surface area contributed by atoms with E-state index < -0.39 is 48.5 Å². The van der Waals surface area contributed by atoms with Crippen molar-refractivity contribution in [3.05, 3.63) is 29.8 Å². The van der Waals surface area contributed by atoms with Crippen molar-refractivity contribution < 1.29 is 33.4 Å². The maximum absolute atomic E-state index is 12.9. The maximum atomic E-state index is 12.9. The summed E-state index contributed by atoms with van der Waals surface area (Å²) >= 11 is 0. The van der Waals surface area contributed by atoms with Gasteiger partial charge >= 0.3 is 18.0 Å². The zero-order chi connectivity index (χ0) is 22.6. The molecule has 2 fully saturated rings. The summed E-state index contributed by atoms with van der Waals surface area (Å²) in [6.45, 7) is 0.695. The summed E-state index contributed by atoms with van der Waals surface area (Å²) in [5.41, 5.74) is -0.612. The summed E-state index contributed by atoms with van der Waals surface area (Å²) in [6, 6.07) is 5.58. The molecule has 31 heavy (non-hydrogen) atoms. The number of benzene rings is 1. The number of anilines is 1. The molecular weight excluding hydrogens is 406 g/mol. The van der Waals surface area contributed by atoms with Crippen LogP contribution in [-0.2, 0) is 23.9 Å². The normalized spacial score (nSPS) is 22.8. The molecule has 1 saturated heterocycles. The fraction of sp³-hybridized carbons (Fsp3) is 0.476. The van der Waals surface area contributed by atoms with Crippen LogP contribution < -0.4 is 10.6 Å². The molecule has 1 aromatic rings. The van der Waals surface area contributed by atoms with Gasteiger partial charge in [0.2, 0.25) is 0 Å². The molecule has 2 N–H and O–H groups in total. The number of urea groups is 1. The van der Waals surface area contributed by atoms with Gasteiger partial charge in [-0.3, -0.25) is 19.3 Å². The number of rotatable bonds is 6. The molecule has 10 heteroatoms. The first kappa shape index (κ1) is 22.3. The zero-order valence-electron chi connectivity index (χ0n) is 17.4. The minimum absolute atomic E-state index is 0.0284. The van der Waals surface area contributed by atoms with E-state index in [1.54, 1.807) is 12.1 Å². The van der Waals surface area contributed by atoms with Crippen molar-refractivity contribution in [2.24, 2.45) is 5.92 Å². The predicted octanol–water partition coefficient (Wildman–Crippen LogP) is 1.46. The third kappa shape index (κ3) is 4.52. The highest BCUT2D eigenvalue weighted by Gasteiger charge is 2.55. The highest BCUT2D eigenvalue weighted by atomic mass is 16.5. The lowest BCUT2D eigenvalue weighted by Crippen LogP contribution is -2.54. The monoisotopic (exact) mass is 431 g/mol. The van der Waals surface area contributed by atoms with Crippen molar-refractivity contribution in [2.45, 2.75) is 38.1 Å². The molecule has 2 atom stereocenters. The number of imide groups is 1. The first-order valence-corrected chi connectivity index (χ1v) is 10.1. The molecule has 1 saturated carbocycles. The van der Waals surface area contributed by atoms with Gasteiger partial charge in [-0.15, -0.1) is 0 Å². The van der Waals surface area contributed by atoms with Gasteiger partial charge < -0.3 is 20.1 Å². The third-order valence-electron chi connectivity index (χ3n) is 5.76. The Bertz CT molecular complexity index is 916. The second-order valence-electron chi connectivity index (χ2n) is 7.69. The van der Waals surface area contributed by atoms with Crippen LogP contribution in [-0.4, -0.2) is 60.5 Å². The molecule has 1 aliphatic heterocycles. The molecule has 1 spiro atoms. The lowest BCUT2D eigenvalue weighted by atomic mass is 9.73. The van der Waals surface area contributed by atoms with Crippen LogP contribution in [0.5, 0.6) is 0 Å². The molecular formula is C21H25N3O7. The first-order chi connectivity index (χ1) is 14.8. The Hall–Kier alpha value is -3.43. The van der Waals surface area contributed by atoms with Gasteiger partial charge in [0, 0.05) is 0 Å². The van der Waals surface area contributed by atoms with E-state index in [9.17, 15) is 24.0 Å². The molecule has 1 heterocycles. The molecule has 166 valence electrons. The van der Waals surface area contributed by atoms with Gasteiger partial charge in [0.15, 0.2) is 6.61 Å². The van der Waals surface area contributed by atoms with E-state index in [1.807, 2.05) is 6.92 Å². The van der Waals surface area contributed by atoms with Gasteiger partial charge in [-0.2, -0.15) is 0 Å². The summed E-state index contributed by atoms with van der Waals surface area (Å²) in [7, 11) is 1.22. The lowest BCUT2D eigenvalue weighted by Gasteiger charge is -2.36. The molecule has 2 unspecified atom stereocenters. The highest BCUT2D eigenvalue weighted by molar-refractivity contribution is 6.09. The number of hydrogen-bond donors (Lipinski definition) is 2. The van der Waals surface area contributed by atoms with E-state index in [1.165, 1.54) is 19.2 Å². The Morgan fingerprint density at radius 3 is 2.68 bits per heavy atom. The largest absolute Gasteiger partial charge is 0.465 e. The van der Waals surface area contributed by atoms with E-state index >= 15 is 0 Å². The fourth-order valence-electron chi connectivity index (χ4n) is 4.03. The number of hydrogen-bond acceptors (Lipinski definition) is 7. The number of nitrogens with zero attached hydrogens (tertiary/aromatic N) is 1. The summed E-state index contributed by atoms with van der Waals surface area (Å²) in [5, 5.41) is 5.22. The van der Waals surface area contributed by atoms with Crippen molar-refractivity contribution in [3.8, 4) is 0 Å². The second kappa shape index (κ2) is 9.15. The number of ether oxygens (including phenoxy) is 2. The summed E-state index contributed by atoms with van der Waals surface area (Å²) in [4.78, 5) is 62.1. The van der Waals surface area contributed by atoms with Crippen molar-refractivity contribution in [1.82, 2.24) is 10.2 Å². The Morgan fingerprint density at radius 2 is 1.97 bits per heavy atom. The number of esters is 2. The Morgan fingerprint density at radius 1 is 1.23 bits per heavy atom.